The van der Waals surface area contributed by atoms with Crippen molar-refractivity contribution in [1.82, 2.24) is 9.55 Å². The smallest absolute Gasteiger partial charge is 0.262 e. The number of hydrogen-bond acceptors (Lipinski definition) is 4. The molecule has 0 aliphatic heterocycles. The van der Waals surface area contributed by atoms with Crippen LogP contribution in [0.15, 0.2) is 40.8 Å². The van der Waals surface area contributed by atoms with Gasteiger partial charge in [0.2, 0.25) is 0 Å². The summed E-state index contributed by atoms with van der Waals surface area (Å²) in [7, 11) is 0. The summed E-state index contributed by atoms with van der Waals surface area (Å²) in [6.45, 7) is 0.257. The number of nitriles is 1. The Hall–Kier alpha value is -2.52. The molecular weight excluding hydrogens is 277 g/mol. The maximum Gasteiger partial charge on any atom is 0.262 e. The van der Waals surface area contributed by atoms with E-state index in [1.807, 2.05) is 5.38 Å². The van der Waals surface area contributed by atoms with Gasteiger partial charge in [0.05, 0.1) is 23.8 Å². The van der Waals surface area contributed by atoms with Gasteiger partial charge in [-0.25, -0.2) is 9.37 Å². The zero-order chi connectivity index (χ0) is 14.1. The first-order chi connectivity index (χ1) is 9.69. The topological polar surface area (TPSA) is 58.7 Å². The van der Waals surface area contributed by atoms with E-state index in [2.05, 4.69) is 4.98 Å². The molecular formula is C14H8FN3OS. The third-order valence-corrected chi connectivity index (χ3v) is 3.78. The van der Waals surface area contributed by atoms with Crippen LogP contribution in [-0.2, 0) is 6.54 Å². The van der Waals surface area contributed by atoms with Gasteiger partial charge in [-0.1, -0.05) is 6.07 Å². The summed E-state index contributed by atoms with van der Waals surface area (Å²) in [6.07, 6.45) is 1.47. The van der Waals surface area contributed by atoms with Crippen molar-refractivity contribution in [3.05, 3.63) is 63.3 Å². The zero-order valence-corrected chi connectivity index (χ0v) is 11.0. The number of fused-ring (bicyclic) bond motifs is 1. The molecule has 0 unspecified atom stereocenters. The zero-order valence-electron chi connectivity index (χ0n) is 10.2. The van der Waals surface area contributed by atoms with Gasteiger partial charge in [0.1, 0.15) is 16.7 Å². The molecule has 0 aliphatic rings. The maximum atomic E-state index is 13.3. The Labute approximate surface area is 117 Å². The summed E-state index contributed by atoms with van der Waals surface area (Å²) >= 11 is 1.41. The molecule has 4 nitrogen and oxygen atoms in total. The Morgan fingerprint density at radius 2 is 2.25 bits per heavy atom. The Bertz CT molecular complexity index is 891. The fourth-order valence-electron chi connectivity index (χ4n) is 1.96. The number of hydrogen-bond donors (Lipinski definition) is 0. The molecule has 0 saturated heterocycles. The monoisotopic (exact) mass is 285 g/mol. The van der Waals surface area contributed by atoms with Crippen LogP contribution in [0.5, 0.6) is 0 Å². The minimum Gasteiger partial charge on any atom is -0.294 e. The third kappa shape index (κ3) is 2.08. The van der Waals surface area contributed by atoms with Crippen molar-refractivity contribution in [2.75, 3.05) is 0 Å². The molecule has 20 heavy (non-hydrogen) atoms. The number of nitrogens with zero attached hydrogens (tertiary/aromatic N) is 3. The van der Waals surface area contributed by atoms with Crippen molar-refractivity contribution in [3.8, 4) is 6.07 Å². The molecule has 2 aromatic heterocycles. The van der Waals surface area contributed by atoms with E-state index >= 15 is 0 Å². The highest BCUT2D eigenvalue weighted by atomic mass is 32.1. The molecule has 6 heteroatoms. The average molecular weight is 285 g/mol. The van der Waals surface area contributed by atoms with E-state index in [1.54, 1.807) is 18.2 Å². The second-order valence-corrected chi connectivity index (χ2v) is 5.14. The quantitative estimate of drug-likeness (QED) is 0.727. The summed E-state index contributed by atoms with van der Waals surface area (Å²) in [5.74, 6) is -0.560. The van der Waals surface area contributed by atoms with E-state index in [4.69, 9.17) is 5.26 Å². The van der Waals surface area contributed by atoms with E-state index in [9.17, 15) is 9.18 Å². The molecule has 0 spiro atoms. The second-order valence-electron chi connectivity index (χ2n) is 4.24. The van der Waals surface area contributed by atoms with Crippen LogP contribution >= 0.6 is 11.3 Å². The van der Waals surface area contributed by atoms with Gasteiger partial charge in [0.25, 0.3) is 5.56 Å². The first-order valence-corrected chi connectivity index (χ1v) is 6.68. The first kappa shape index (κ1) is 12.5. The van der Waals surface area contributed by atoms with Crippen LogP contribution in [-0.4, -0.2) is 9.55 Å². The Balaban J connectivity index is 2.03. The summed E-state index contributed by atoms with van der Waals surface area (Å²) in [4.78, 5) is 17.1. The fraction of sp³-hybridized carbons (Fsp3) is 0.0714. The van der Waals surface area contributed by atoms with Crippen molar-refractivity contribution in [3.63, 3.8) is 0 Å². The van der Waals surface area contributed by atoms with E-state index in [-0.39, 0.29) is 17.7 Å². The van der Waals surface area contributed by atoms with Gasteiger partial charge < -0.3 is 0 Å². The van der Waals surface area contributed by atoms with Crippen molar-refractivity contribution in [2.24, 2.45) is 0 Å². The van der Waals surface area contributed by atoms with Gasteiger partial charge in [0.15, 0.2) is 0 Å². The molecule has 3 aromatic rings. The fourth-order valence-corrected chi connectivity index (χ4v) is 2.68. The van der Waals surface area contributed by atoms with Crippen LogP contribution in [0.25, 0.3) is 10.2 Å². The van der Waals surface area contributed by atoms with Crippen LogP contribution < -0.4 is 5.56 Å². The Kier molecular flexibility index (Phi) is 3.05. The highest BCUT2D eigenvalue weighted by molar-refractivity contribution is 7.16. The summed E-state index contributed by atoms with van der Waals surface area (Å²) in [6, 6.07) is 7.75. The predicted molar refractivity (Wildman–Crippen MR) is 74.1 cm³/mol. The van der Waals surface area contributed by atoms with Gasteiger partial charge >= 0.3 is 0 Å². The van der Waals surface area contributed by atoms with Crippen LogP contribution in [0.3, 0.4) is 0 Å². The minimum atomic E-state index is -0.560. The predicted octanol–water partition coefficient (Wildman–Crippen LogP) is 2.52. The van der Waals surface area contributed by atoms with Crippen molar-refractivity contribution in [2.45, 2.75) is 6.54 Å². The van der Waals surface area contributed by atoms with Crippen LogP contribution in [0.4, 0.5) is 4.39 Å². The number of aromatic nitrogens is 2. The second kappa shape index (κ2) is 4.87. The number of thiophene rings is 1. The van der Waals surface area contributed by atoms with E-state index < -0.39 is 5.82 Å². The molecule has 1 aromatic carbocycles. The van der Waals surface area contributed by atoms with Gasteiger partial charge in [-0.15, -0.1) is 11.3 Å². The third-order valence-electron chi connectivity index (χ3n) is 2.95. The Morgan fingerprint density at radius 1 is 1.40 bits per heavy atom. The maximum absolute atomic E-state index is 13.3. The van der Waals surface area contributed by atoms with Gasteiger partial charge in [0, 0.05) is 0 Å². The minimum absolute atomic E-state index is 0.0277. The molecule has 0 saturated carbocycles. The largest absolute Gasteiger partial charge is 0.294 e. The first-order valence-electron chi connectivity index (χ1n) is 5.80. The molecule has 0 radical (unpaired) electrons. The van der Waals surface area contributed by atoms with E-state index in [0.717, 1.165) is 0 Å². The highest BCUT2D eigenvalue weighted by Crippen LogP contribution is 2.14. The molecule has 2 heterocycles. The lowest BCUT2D eigenvalue weighted by Crippen LogP contribution is -2.20. The normalized spacial score (nSPS) is 10.6. The molecule has 0 amide bonds. The average Bonchev–Trinajstić information content (AvgIpc) is 2.93. The van der Waals surface area contributed by atoms with E-state index in [1.165, 1.54) is 34.4 Å². The highest BCUT2D eigenvalue weighted by Gasteiger charge is 2.07. The lowest BCUT2D eigenvalue weighted by Gasteiger charge is -2.06. The summed E-state index contributed by atoms with van der Waals surface area (Å²) in [5.41, 5.74) is 0.514. The Morgan fingerprint density at radius 3 is 3.05 bits per heavy atom. The molecule has 0 fully saturated rings. The molecule has 0 aliphatic carbocycles. The van der Waals surface area contributed by atoms with Crippen LogP contribution in [0.2, 0.25) is 0 Å². The van der Waals surface area contributed by atoms with Crippen LogP contribution in [0.1, 0.15) is 11.1 Å². The molecule has 98 valence electrons. The molecule has 0 bridgehead atoms. The van der Waals surface area contributed by atoms with Gasteiger partial charge in [-0.2, -0.15) is 5.26 Å². The lowest BCUT2D eigenvalue weighted by molar-refractivity contribution is 0.622. The van der Waals surface area contributed by atoms with Crippen molar-refractivity contribution in [1.29, 1.82) is 5.26 Å². The number of benzene rings is 1. The van der Waals surface area contributed by atoms with Crippen molar-refractivity contribution < 1.29 is 4.39 Å². The molecule has 3 rings (SSSR count). The van der Waals surface area contributed by atoms with Gasteiger partial charge in [-0.05, 0) is 29.1 Å². The van der Waals surface area contributed by atoms with Crippen molar-refractivity contribution >= 4 is 21.6 Å². The standard InChI is InChI=1S/C14H8FN3OS/c15-12-2-1-9(5-10(12)6-16)7-18-8-17-13-11(14(18)19)3-4-20-13/h1-5,8H,7H2. The van der Waals surface area contributed by atoms with E-state index in [0.29, 0.717) is 15.8 Å². The number of halogens is 1. The summed E-state index contributed by atoms with van der Waals surface area (Å²) in [5, 5.41) is 11.2. The molecule has 0 N–H and O–H groups in total. The number of rotatable bonds is 2. The molecule has 0 atom stereocenters. The summed E-state index contributed by atoms with van der Waals surface area (Å²) < 4.78 is 14.7. The van der Waals surface area contributed by atoms with Gasteiger partial charge in [-0.3, -0.25) is 9.36 Å². The SMILES string of the molecule is N#Cc1cc(Cn2cnc3sccc3c2=O)ccc1F. The van der Waals surface area contributed by atoms with Crippen LogP contribution in [0, 0.1) is 17.1 Å². The lowest BCUT2D eigenvalue weighted by atomic mass is 10.1.